The van der Waals surface area contributed by atoms with Crippen molar-refractivity contribution in [3.05, 3.63) is 215 Å². The Hall–Kier alpha value is -9.14. The average molecular weight is 893 g/mol. The first-order valence-electron chi connectivity index (χ1n) is 24.1. The number of hydrogen-bond acceptors (Lipinski definition) is 6. The number of fused-ring (bicyclic) bond motifs is 31. The highest BCUT2D eigenvalue weighted by atomic mass is 15.0. The summed E-state index contributed by atoms with van der Waals surface area (Å²) in [6, 6.07) is 44.6. The summed E-state index contributed by atoms with van der Waals surface area (Å²) in [5.41, 5.74) is 30.6. The van der Waals surface area contributed by atoms with Gasteiger partial charge in [0, 0.05) is 65.1 Å². The highest BCUT2D eigenvalue weighted by Gasteiger charge is 2.32. The third kappa shape index (κ3) is 4.74. The fraction of sp³-hybridized carbons (Fsp3) is 0.0645. The molecule has 0 radical (unpaired) electrons. The molecule has 0 spiro atoms. The molecule has 0 saturated carbocycles. The molecule has 0 unspecified atom stereocenters. The fourth-order valence-corrected chi connectivity index (χ4v) is 13.1. The van der Waals surface area contributed by atoms with E-state index >= 15 is 0 Å². The fourth-order valence-electron chi connectivity index (χ4n) is 13.1. The molecule has 6 aromatic carbocycles. The van der Waals surface area contributed by atoms with Gasteiger partial charge in [-0.15, -0.1) is 0 Å². The van der Waals surface area contributed by atoms with Gasteiger partial charge in [-0.2, -0.15) is 0 Å². The second kappa shape index (κ2) is 13.3. The molecule has 8 nitrogen and oxygen atoms in total. The zero-order valence-electron chi connectivity index (χ0n) is 37.6. The molecule has 8 heteroatoms. The summed E-state index contributed by atoms with van der Waals surface area (Å²) in [4.78, 5) is 28.1. The van der Waals surface area contributed by atoms with Gasteiger partial charge in [0.1, 0.15) is 11.3 Å². The molecule has 0 bridgehead atoms. The first-order valence-corrected chi connectivity index (χ1v) is 24.1. The van der Waals surface area contributed by atoms with Gasteiger partial charge >= 0.3 is 0 Å². The van der Waals surface area contributed by atoms with Crippen LogP contribution in [0.3, 0.4) is 0 Å². The van der Waals surface area contributed by atoms with Crippen molar-refractivity contribution in [2.75, 3.05) is 0 Å². The van der Waals surface area contributed by atoms with Gasteiger partial charge in [-0.3, -0.25) is 28.7 Å². The Morgan fingerprint density at radius 1 is 0.329 bits per heavy atom. The third-order valence-electron chi connectivity index (χ3n) is 16.0. The van der Waals surface area contributed by atoms with E-state index in [2.05, 4.69) is 138 Å². The maximum absolute atomic E-state index is 5.14. The Morgan fingerprint density at radius 3 is 1.50 bits per heavy atom. The van der Waals surface area contributed by atoms with Crippen molar-refractivity contribution < 1.29 is 0 Å². The molecule has 4 aliphatic carbocycles. The average Bonchev–Trinajstić information content (AvgIpc) is 4.27. The van der Waals surface area contributed by atoms with Gasteiger partial charge in [0.25, 0.3) is 0 Å². The monoisotopic (exact) mass is 892 g/mol. The standard InChI is InChI=1S/2C31H18N4/c1-2-4-20-17(3-1)11-18-12-24-19(13-23(18)20)14-25-21(24)5-6-22-26-15-32-10-8-28(26)35-29-16-33-9-7-27(29)34-31(35)30(22)25;1-2-4-19-17(3-1)13-18-5-6-20-21-7-8-22-25-15-32-12-10-27(25)35-28-16-33-11-9-26(28)34-31(35)30(22)24(21)14-23(20)29(18)19/h1-10,12-13,15-16H,11,14H2;1-12,15-16H,13-14H2. The van der Waals surface area contributed by atoms with E-state index in [0.29, 0.717) is 0 Å². The Morgan fingerprint density at radius 2 is 0.829 bits per heavy atom. The maximum atomic E-state index is 5.14. The summed E-state index contributed by atoms with van der Waals surface area (Å²) in [5.74, 6) is 0. The molecule has 14 aromatic rings. The Bertz CT molecular complexity index is 4730. The van der Waals surface area contributed by atoms with Crippen molar-refractivity contribution in [1.29, 1.82) is 0 Å². The van der Waals surface area contributed by atoms with Gasteiger partial charge in [-0.25, -0.2) is 9.97 Å². The summed E-state index contributed by atoms with van der Waals surface area (Å²) in [7, 11) is 0. The van der Waals surface area contributed by atoms with E-state index < -0.39 is 0 Å². The number of imidazole rings is 2. The number of benzene rings is 6. The van der Waals surface area contributed by atoms with Crippen molar-refractivity contribution >= 4 is 76.7 Å². The lowest BCUT2D eigenvalue weighted by Crippen LogP contribution is -1.95. The second-order valence-electron chi connectivity index (χ2n) is 19.4. The van der Waals surface area contributed by atoms with Crippen LogP contribution < -0.4 is 0 Å². The number of pyridine rings is 6. The van der Waals surface area contributed by atoms with E-state index in [-0.39, 0.29) is 0 Å². The molecule has 18 rings (SSSR count). The molecule has 8 heterocycles. The molecule has 324 valence electrons. The van der Waals surface area contributed by atoms with E-state index in [0.717, 1.165) is 80.9 Å². The van der Waals surface area contributed by atoms with Crippen LogP contribution in [-0.4, -0.2) is 38.7 Å². The molecule has 0 amide bonds. The largest absolute Gasteiger partial charge is 0.290 e. The van der Waals surface area contributed by atoms with Crippen LogP contribution in [-0.2, 0) is 25.7 Å². The summed E-state index contributed by atoms with van der Waals surface area (Å²) < 4.78 is 4.53. The summed E-state index contributed by atoms with van der Waals surface area (Å²) in [6.45, 7) is 0. The van der Waals surface area contributed by atoms with Gasteiger partial charge in [-0.05, 0) is 155 Å². The normalized spacial score (nSPS) is 13.5. The minimum absolute atomic E-state index is 0.917. The zero-order valence-corrected chi connectivity index (χ0v) is 37.6. The molecule has 0 atom stereocenters. The summed E-state index contributed by atoms with van der Waals surface area (Å²) >= 11 is 0. The van der Waals surface area contributed by atoms with E-state index in [4.69, 9.17) is 9.97 Å². The molecule has 0 fully saturated rings. The van der Waals surface area contributed by atoms with Gasteiger partial charge in [0.15, 0.2) is 0 Å². The van der Waals surface area contributed by atoms with Gasteiger partial charge in [0.2, 0.25) is 0 Å². The topological polar surface area (TPSA) is 86.2 Å². The minimum Gasteiger partial charge on any atom is -0.290 e. The van der Waals surface area contributed by atoms with Crippen molar-refractivity contribution in [2.45, 2.75) is 25.7 Å². The Balaban J connectivity index is 0.000000117. The second-order valence-corrected chi connectivity index (χ2v) is 19.4. The molecule has 4 aliphatic rings. The zero-order chi connectivity index (χ0) is 45.3. The van der Waals surface area contributed by atoms with Gasteiger partial charge in [-0.1, -0.05) is 84.9 Å². The molecule has 0 aliphatic heterocycles. The maximum Gasteiger partial charge on any atom is 0.146 e. The SMILES string of the molecule is c1ccc2c(c1)Cc1cc3c(cc1-2)Cc1c-3ccc2c3cnccc3n3c4cnccc4nc3c12.c1ccc2c(c1)Cc1ccc3c(c1-2)Cc1c-3ccc2c3cnccc3n3c4cnccc4nc3c12. The Kier molecular flexibility index (Phi) is 7.02. The lowest BCUT2D eigenvalue weighted by molar-refractivity contribution is 1.23. The third-order valence-corrected chi connectivity index (χ3v) is 16.0. The first-order chi connectivity index (χ1) is 34.7. The molecule has 8 aromatic heterocycles. The van der Waals surface area contributed by atoms with E-state index in [1.807, 2.05) is 61.7 Å². The van der Waals surface area contributed by atoms with Crippen LogP contribution in [0.2, 0.25) is 0 Å². The predicted octanol–water partition coefficient (Wildman–Crippen LogP) is 13.5. The van der Waals surface area contributed by atoms with Crippen LogP contribution >= 0.6 is 0 Å². The smallest absolute Gasteiger partial charge is 0.146 e. The van der Waals surface area contributed by atoms with Gasteiger partial charge in [0.05, 0.1) is 45.5 Å². The van der Waals surface area contributed by atoms with Crippen LogP contribution in [0.5, 0.6) is 0 Å². The van der Waals surface area contributed by atoms with E-state index in [9.17, 15) is 0 Å². The lowest BCUT2D eigenvalue weighted by atomic mass is 9.95. The number of rotatable bonds is 0. The van der Waals surface area contributed by atoms with Crippen LogP contribution in [0.25, 0.3) is 121 Å². The number of nitrogens with zero attached hydrogens (tertiary/aromatic N) is 8. The van der Waals surface area contributed by atoms with Crippen molar-refractivity contribution in [1.82, 2.24) is 38.7 Å². The molecule has 0 saturated heterocycles. The Labute approximate surface area is 399 Å². The lowest BCUT2D eigenvalue weighted by Gasteiger charge is -2.12. The van der Waals surface area contributed by atoms with Crippen LogP contribution in [0.15, 0.2) is 171 Å². The molecular formula is C62H36N8. The number of aromatic nitrogens is 8. The summed E-state index contributed by atoms with van der Waals surface area (Å²) in [6.07, 6.45) is 19.0. The number of hydrogen-bond donors (Lipinski definition) is 0. The van der Waals surface area contributed by atoms with E-state index in [1.165, 1.54) is 111 Å². The van der Waals surface area contributed by atoms with Crippen molar-refractivity contribution in [3.8, 4) is 44.5 Å². The van der Waals surface area contributed by atoms with E-state index in [1.54, 1.807) is 0 Å². The molecular weight excluding hydrogens is 857 g/mol. The molecule has 70 heavy (non-hydrogen) atoms. The van der Waals surface area contributed by atoms with Crippen LogP contribution in [0, 0.1) is 0 Å². The molecule has 0 N–H and O–H groups in total. The van der Waals surface area contributed by atoms with Gasteiger partial charge < -0.3 is 0 Å². The highest BCUT2D eigenvalue weighted by Crippen LogP contribution is 2.51. The highest BCUT2D eigenvalue weighted by molar-refractivity contribution is 6.18. The summed E-state index contributed by atoms with van der Waals surface area (Å²) in [5, 5.41) is 7.19. The first kappa shape index (κ1) is 36.9. The van der Waals surface area contributed by atoms with Crippen LogP contribution in [0.4, 0.5) is 0 Å². The van der Waals surface area contributed by atoms with Crippen molar-refractivity contribution in [3.63, 3.8) is 0 Å². The minimum atomic E-state index is 0.917. The van der Waals surface area contributed by atoms with Crippen molar-refractivity contribution in [2.24, 2.45) is 0 Å². The quantitative estimate of drug-likeness (QED) is 0.141. The van der Waals surface area contributed by atoms with Crippen LogP contribution in [0.1, 0.15) is 44.5 Å². The predicted molar refractivity (Wildman–Crippen MR) is 280 cm³/mol.